The molecule has 1 aromatic heterocycles. The topological polar surface area (TPSA) is 84.8 Å². The van der Waals surface area contributed by atoms with Gasteiger partial charge in [0.2, 0.25) is 5.91 Å². The van der Waals surface area contributed by atoms with Gasteiger partial charge in [-0.3, -0.25) is 9.69 Å². The lowest BCUT2D eigenvalue weighted by Crippen LogP contribution is -2.61. The summed E-state index contributed by atoms with van der Waals surface area (Å²) in [7, 11) is 0. The smallest absolute Gasteiger partial charge is 0.298 e. The molecule has 4 rings (SSSR count). The molecule has 2 N–H and O–H groups in total. The molecule has 0 unspecified atom stereocenters. The van der Waals surface area contributed by atoms with Gasteiger partial charge in [0.15, 0.2) is 5.58 Å². The zero-order chi connectivity index (χ0) is 15.1. The summed E-state index contributed by atoms with van der Waals surface area (Å²) in [6.07, 6.45) is 0. The molecule has 3 heterocycles. The molecular weight excluding hydrogens is 284 g/mol. The molecule has 116 valence electrons. The fourth-order valence-corrected chi connectivity index (χ4v) is 2.99. The first kappa shape index (κ1) is 13.5. The number of nitrogens with two attached hydrogens (primary N) is 1. The molecule has 2 fully saturated rings. The molecule has 2 saturated heterocycles. The maximum atomic E-state index is 11.2. The van der Waals surface area contributed by atoms with E-state index < -0.39 is 5.91 Å². The van der Waals surface area contributed by atoms with Gasteiger partial charge in [-0.15, -0.1) is 0 Å². The number of nitrogens with zero attached hydrogens (tertiary/aromatic N) is 3. The summed E-state index contributed by atoms with van der Waals surface area (Å²) in [4.78, 5) is 20.2. The summed E-state index contributed by atoms with van der Waals surface area (Å²) < 4.78 is 11.1. The molecule has 22 heavy (non-hydrogen) atoms. The number of benzene rings is 1. The van der Waals surface area contributed by atoms with Crippen molar-refractivity contribution in [1.29, 1.82) is 0 Å². The Morgan fingerprint density at radius 3 is 2.77 bits per heavy atom. The second-order valence-electron chi connectivity index (χ2n) is 5.75. The number of fused-ring (bicyclic) bond motifs is 1. The van der Waals surface area contributed by atoms with Crippen molar-refractivity contribution in [2.75, 3.05) is 44.3 Å². The summed E-state index contributed by atoms with van der Waals surface area (Å²) in [5, 5.41) is 0. The second-order valence-corrected chi connectivity index (χ2v) is 5.75. The number of amides is 1. The second kappa shape index (κ2) is 5.26. The van der Waals surface area contributed by atoms with Crippen molar-refractivity contribution in [2.24, 2.45) is 5.73 Å². The number of primary amides is 1. The Morgan fingerprint density at radius 1 is 1.27 bits per heavy atom. The van der Waals surface area contributed by atoms with E-state index in [0.29, 0.717) is 28.7 Å². The van der Waals surface area contributed by atoms with Crippen LogP contribution in [0.2, 0.25) is 0 Å². The van der Waals surface area contributed by atoms with E-state index in [9.17, 15) is 4.79 Å². The third-order valence-corrected chi connectivity index (χ3v) is 4.36. The van der Waals surface area contributed by atoms with Crippen LogP contribution in [0, 0.1) is 0 Å². The first-order valence-electron chi connectivity index (χ1n) is 7.48. The highest BCUT2D eigenvalue weighted by Crippen LogP contribution is 2.27. The largest absolute Gasteiger partial charge is 0.423 e. The van der Waals surface area contributed by atoms with Crippen LogP contribution in [0.15, 0.2) is 22.6 Å². The highest BCUT2D eigenvalue weighted by atomic mass is 16.5. The van der Waals surface area contributed by atoms with Gasteiger partial charge < -0.3 is 19.8 Å². The summed E-state index contributed by atoms with van der Waals surface area (Å²) in [5.41, 5.74) is 7.08. The van der Waals surface area contributed by atoms with Crippen LogP contribution in [-0.2, 0) is 4.74 Å². The van der Waals surface area contributed by atoms with Crippen LogP contribution in [-0.4, -0.2) is 61.2 Å². The fraction of sp³-hybridized carbons (Fsp3) is 0.467. The third-order valence-electron chi connectivity index (χ3n) is 4.36. The molecule has 1 aromatic carbocycles. The third kappa shape index (κ3) is 2.32. The summed E-state index contributed by atoms with van der Waals surface area (Å²) >= 11 is 0. The van der Waals surface area contributed by atoms with E-state index in [4.69, 9.17) is 14.9 Å². The lowest BCUT2D eigenvalue weighted by Gasteiger charge is -2.45. The Balaban J connectivity index is 1.47. The maximum absolute atomic E-state index is 11.2. The van der Waals surface area contributed by atoms with E-state index in [1.54, 1.807) is 18.2 Å². The quantitative estimate of drug-likeness (QED) is 0.886. The average Bonchev–Trinajstić information content (AvgIpc) is 2.89. The van der Waals surface area contributed by atoms with Gasteiger partial charge in [-0.1, -0.05) is 0 Å². The Morgan fingerprint density at radius 2 is 2.05 bits per heavy atom. The Bertz CT molecular complexity index is 702. The molecule has 0 atom stereocenters. The van der Waals surface area contributed by atoms with Crippen molar-refractivity contribution in [1.82, 2.24) is 9.88 Å². The molecule has 0 aliphatic carbocycles. The molecule has 7 nitrogen and oxygen atoms in total. The van der Waals surface area contributed by atoms with E-state index in [1.165, 1.54) is 0 Å². The Kier molecular flexibility index (Phi) is 3.24. The molecule has 2 aliphatic heterocycles. The standard InChI is InChI=1S/C15H18N4O3/c16-14(20)10-1-2-13-12(7-10)17-15(22-13)19-8-11(9-19)18-3-5-21-6-4-18/h1-2,7,11H,3-6,8-9H2,(H2,16,20). The van der Waals surface area contributed by atoms with Gasteiger partial charge in [0.25, 0.3) is 6.01 Å². The molecule has 0 saturated carbocycles. The summed E-state index contributed by atoms with van der Waals surface area (Å²) in [6, 6.07) is 6.22. The SMILES string of the molecule is NC(=O)c1ccc2oc(N3CC(N4CCOCC4)C3)nc2c1. The van der Waals surface area contributed by atoms with Gasteiger partial charge in [-0.05, 0) is 18.2 Å². The van der Waals surface area contributed by atoms with Gasteiger partial charge in [-0.2, -0.15) is 4.98 Å². The minimum Gasteiger partial charge on any atom is -0.423 e. The van der Waals surface area contributed by atoms with Gasteiger partial charge >= 0.3 is 0 Å². The minimum absolute atomic E-state index is 0.446. The Hall–Kier alpha value is -2.12. The molecule has 0 radical (unpaired) electrons. The van der Waals surface area contributed by atoms with Crippen LogP contribution in [0.3, 0.4) is 0 Å². The van der Waals surface area contributed by atoms with Gasteiger partial charge in [0.1, 0.15) is 5.52 Å². The number of hydrogen-bond donors (Lipinski definition) is 1. The molecule has 1 amide bonds. The van der Waals surface area contributed by atoms with Crippen LogP contribution in [0.4, 0.5) is 6.01 Å². The lowest BCUT2D eigenvalue weighted by molar-refractivity contribution is 0.00988. The summed E-state index contributed by atoms with van der Waals surface area (Å²) in [5.74, 6) is -0.456. The molecule has 0 bridgehead atoms. The maximum Gasteiger partial charge on any atom is 0.298 e. The van der Waals surface area contributed by atoms with E-state index in [2.05, 4.69) is 14.8 Å². The number of carbonyl (C=O) groups excluding carboxylic acids is 1. The highest BCUT2D eigenvalue weighted by molar-refractivity contribution is 5.96. The van der Waals surface area contributed by atoms with E-state index in [-0.39, 0.29) is 0 Å². The van der Waals surface area contributed by atoms with Crippen molar-refractivity contribution in [2.45, 2.75) is 6.04 Å². The number of anilines is 1. The van der Waals surface area contributed by atoms with Crippen LogP contribution in [0.25, 0.3) is 11.1 Å². The monoisotopic (exact) mass is 302 g/mol. The molecule has 7 heteroatoms. The zero-order valence-electron chi connectivity index (χ0n) is 12.2. The number of carbonyl (C=O) groups is 1. The van der Waals surface area contributed by atoms with Crippen LogP contribution in [0.5, 0.6) is 0 Å². The van der Waals surface area contributed by atoms with Crippen molar-refractivity contribution in [3.8, 4) is 0 Å². The number of oxazole rings is 1. The van der Waals surface area contributed by atoms with Crippen molar-refractivity contribution in [3.63, 3.8) is 0 Å². The van der Waals surface area contributed by atoms with Crippen LogP contribution in [0.1, 0.15) is 10.4 Å². The van der Waals surface area contributed by atoms with E-state index >= 15 is 0 Å². The number of ether oxygens (including phenoxy) is 1. The predicted octanol–water partition coefficient (Wildman–Crippen LogP) is 0.448. The van der Waals surface area contributed by atoms with Crippen molar-refractivity contribution in [3.05, 3.63) is 23.8 Å². The predicted molar refractivity (Wildman–Crippen MR) is 80.9 cm³/mol. The molecule has 0 spiro atoms. The van der Waals surface area contributed by atoms with Gasteiger partial charge in [-0.25, -0.2) is 0 Å². The van der Waals surface area contributed by atoms with Crippen LogP contribution >= 0.6 is 0 Å². The first-order valence-corrected chi connectivity index (χ1v) is 7.48. The van der Waals surface area contributed by atoms with Crippen LogP contribution < -0.4 is 10.6 Å². The number of hydrogen-bond acceptors (Lipinski definition) is 6. The Labute approximate surface area is 127 Å². The highest BCUT2D eigenvalue weighted by Gasteiger charge is 2.35. The first-order chi connectivity index (χ1) is 10.7. The molecule has 2 aromatic rings. The zero-order valence-corrected chi connectivity index (χ0v) is 12.2. The number of aromatic nitrogens is 1. The van der Waals surface area contributed by atoms with E-state index in [1.807, 2.05) is 0 Å². The van der Waals surface area contributed by atoms with Crippen molar-refractivity contribution < 1.29 is 13.9 Å². The lowest BCUT2D eigenvalue weighted by atomic mass is 10.1. The normalized spacial score (nSPS) is 20.3. The molecule has 2 aliphatic rings. The summed E-state index contributed by atoms with van der Waals surface area (Å²) in [6.45, 7) is 5.44. The molecular formula is C15H18N4O3. The number of rotatable bonds is 3. The van der Waals surface area contributed by atoms with Gasteiger partial charge in [0.05, 0.1) is 13.2 Å². The minimum atomic E-state index is -0.456. The van der Waals surface area contributed by atoms with Gasteiger partial charge in [0, 0.05) is 37.8 Å². The average molecular weight is 302 g/mol. The van der Waals surface area contributed by atoms with Crippen molar-refractivity contribution >= 4 is 23.0 Å². The number of morpholine rings is 1. The fourth-order valence-electron chi connectivity index (χ4n) is 2.99. The van der Waals surface area contributed by atoms with E-state index in [0.717, 1.165) is 39.4 Å².